The quantitative estimate of drug-likeness (QED) is 0.829. The van der Waals surface area contributed by atoms with E-state index in [1.807, 2.05) is 18.2 Å². The van der Waals surface area contributed by atoms with Gasteiger partial charge in [-0.3, -0.25) is 0 Å². The van der Waals surface area contributed by atoms with Gasteiger partial charge in [-0.05, 0) is 42.8 Å². The van der Waals surface area contributed by atoms with Crippen molar-refractivity contribution in [2.24, 2.45) is 0 Å². The molecule has 0 saturated carbocycles. The number of hydrogen-bond donors (Lipinski definition) is 1. The van der Waals surface area contributed by atoms with Gasteiger partial charge in [-0.15, -0.1) is 0 Å². The standard InChI is InChI=1S/C16H17Cl2N/c1-3-19-10-12-5-4-11(2)8-14(12)15-9-13(17)6-7-16(15)18/h4-9,19H,3,10H2,1-2H3. The summed E-state index contributed by atoms with van der Waals surface area (Å²) in [5.74, 6) is 0. The Morgan fingerprint density at radius 2 is 1.79 bits per heavy atom. The molecule has 0 amide bonds. The van der Waals surface area contributed by atoms with Gasteiger partial charge in [0.1, 0.15) is 0 Å². The molecule has 0 spiro atoms. The number of aryl methyl sites for hydroxylation is 1. The van der Waals surface area contributed by atoms with Crippen LogP contribution in [-0.4, -0.2) is 6.54 Å². The van der Waals surface area contributed by atoms with Crippen LogP contribution in [0.5, 0.6) is 0 Å². The number of rotatable bonds is 4. The number of halogens is 2. The second-order valence-corrected chi connectivity index (χ2v) is 5.41. The van der Waals surface area contributed by atoms with Gasteiger partial charge in [0, 0.05) is 22.2 Å². The van der Waals surface area contributed by atoms with Crippen LogP contribution in [-0.2, 0) is 6.54 Å². The predicted molar refractivity (Wildman–Crippen MR) is 84.0 cm³/mol. The molecule has 2 aromatic rings. The Morgan fingerprint density at radius 3 is 2.53 bits per heavy atom. The zero-order chi connectivity index (χ0) is 13.8. The van der Waals surface area contributed by atoms with Gasteiger partial charge >= 0.3 is 0 Å². The molecule has 0 aliphatic heterocycles. The molecular formula is C16H17Cl2N. The van der Waals surface area contributed by atoms with Crippen LogP contribution >= 0.6 is 23.2 Å². The average molecular weight is 294 g/mol. The molecule has 100 valence electrons. The molecule has 2 aromatic carbocycles. The SMILES string of the molecule is CCNCc1ccc(C)cc1-c1cc(Cl)ccc1Cl. The number of nitrogens with one attached hydrogen (secondary N) is 1. The Morgan fingerprint density at radius 1 is 1.00 bits per heavy atom. The van der Waals surface area contributed by atoms with Crippen molar-refractivity contribution in [2.75, 3.05) is 6.54 Å². The number of benzene rings is 2. The lowest BCUT2D eigenvalue weighted by molar-refractivity contribution is 0.728. The number of hydrogen-bond acceptors (Lipinski definition) is 1. The Hall–Kier alpha value is -1.02. The van der Waals surface area contributed by atoms with Crippen LogP contribution in [0.1, 0.15) is 18.1 Å². The smallest absolute Gasteiger partial charge is 0.0485 e. The zero-order valence-corrected chi connectivity index (χ0v) is 12.6. The third-order valence-electron chi connectivity index (χ3n) is 3.05. The summed E-state index contributed by atoms with van der Waals surface area (Å²) in [7, 11) is 0. The molecule has 0 bridgehead atoms. The molecule has 0 atom stereocenters. The first-order chi connectivity index (χ1) is 9.11. The van der Waals surface area contributed by atoms with Crippen LogP contribution in [0, 0.1) is 6.92 Å². The highest BCUT2D eigenvalue weighted by Gasteiger charge is 2.09. The maximum atomic E-state index is 6.31. The summed E-state index contributed by atoms with van der Waals surface area (Å²) in [6.45, 7) is 5.95. The van der Waals surface area contributed by atoms with Crippen LogP contribution in [0.4, 0.5) is 0 Å². The first-order valence-electron chi connectivity index (χ1n) is 6.37. The first-order valence-corrected chi connectivity index (χ1v) is 7.13. The first kappa shape index (κ1) is 14.4. The summed E-state index contributed by atoms with van der Waals surface area (Å²) in [5, 5.41) is 4.79. The van der Waals surface area contributed by atoms with Crippen LogP contribution in [0.2, 0.25) is 10.0 Å². The fraction of sp³-hybridized carbons (Fsp3) is 0.250. The molecule has 0 aromatic heterocycles. The van der Waals surface area contributed by atoms with Gasteiger partial charge in [0.15, 0.2) is 0 Å². The lowest BCUT2D eigenvalue weighted by Gasteiger charge is -2.13. The second kappa shape index (κ2) is 6.42. The summed E-state index contributed by atoms with van der Waals surface area (Å²) < 4.78 is 0. The van der Waals surface area contributed by atoms with Gasteiger partial charge in [0.2, 0.25) is 0 Å². The van der Waals surface area contributed by atoms with E-state index in [0.29, 0.717) is 5.02 Å². The molecule has 0 radical (unpaired) electrons. The van der Waals surface area contributed by atoms with E-state index in [0.717, 1.165) is 29.2 Å². The van der Waals surface area contributed by atoms with Crippen molar-refractivity contribution in [3.8, 4) is 11.1 Å². The maximum Gasteiger partial charge on any atom is 0.0485 e. The molecule has 2 rings (SSSR count). The topological polar surface area (TPSA) is 12.0 Å². The summed E-state index contributed by atoms with van der Waals surface area (Å²) >= 11 is 12.4. The minimum Gasteiger partial charge on any atom is -0.313 e. The molecule has 0 unspecified atom stereocenters. The van der Waals surface area contributed by atoms with Crippen molar-refractivity contribution >= 4 is 23.2 Å². The third-order valence-corrected chi connectivity index (χ3v) is 3.61. The molecule has 1 N–H and O–H groups in total. The van der Waals surface area contributed by atoms with Crippen molar-refractivity contribution in [3.05, 3.63) is 57.6 Å². The van der Waals surface area contributed by atoms with Crippen molar-refractivity contribution in [3.63, 3.8) is 0 Å². The van der Waals surface area contributed by atoms with E-state index in [-0.39, 0.29) is 0 Å². The fourth-order valence-electron chi connectivity index (χ4n) is 2.06. The summed E-state index contributed by atoms with van der Waals surface area (Å²) in [6.07, 6.45) is 0. The normalized spacial score (nSPS) is 10.7. The minimum absolute atomic E-state index is 0.704. The van der Waals surface area contributed by atoms with Gasteiger partial charge in [0.05, 0.1) is 0 Å². The molecule has 0 saturated heterocycles. The third kappa shape index (κ3) is 3.50. The van der Waals surface area contributed by atoms with E-state index in [4.69, 9.17) is 23.2 Å². The highest BCUT2D eigenvalue weighted by atomic mass is 35.5. The molecule has 0 heterocycles. The average Bonchev–Trinajstić information content (AvgIpc) is 2.40. The van der Waals surface area contributed by atoms with E-state index in [9.17, 15) is 0 Å². The Labute approximate surface area is 124 Å². The molecule has 0 aliphatic rings. The lowest BCUT2D eigenvalue weighted by atomic mass is 9.97. The highest BCUT2D eigenvalue weighted by molar-refractivity contribution is 6.35. The molecule has 1 nitrogen and oxygen atoms in total. The molecule has 0 fully saturated rings. The van der Waals surface area contributed by atoms with Crippen LogP contribution in [0.3, 0.4) is 0 Å². The van der Waals surface area contributed by atoms with E-state index in [2.05, 4.69) is 37.4 Å². The zero-order valence-electron chi connectivity index (χ0n) is 11.1. The van der Waals surface area contributed by atoms with Crippen molar-refractivity contribution in [1.29, 1.82) is 0 Å². The van der Waals surface area contributed by atoms with E-state index in [1.165, 1.54) is 11.1 Å². The summed E-state index contributed by atoms with van der Waals surface area (Å²) in [6, 6.07) is 12.0. The van der Waals surface area contributed by atoms with E-state index in [1.54, 1.807) is 0 Å². The predicted octanol–water partition coefficient (Wildman–Crippen LogP) is 5.08. The highest BCUT2D eigenvalue weighted by Crippen LogP contribution is 2.33. The lowest BCUT2D eigenvalue weighted by Crippen LogP contribution is -2.12. The van der Waals surface area contributed by atoms with Crippen molar-refractivity contribution < 1.29 is 0 Å². The van der Waals surface area contributed by atoms with Crippen molar-refractivity contribution in [2.45, 2.75) is 20.4 Å². The maximum absolute atomic E-state index is 6.31. The second-order valence-electron chi connectivity index (χ2n) is 4.57. The van der Waals surface area contributed by atoms with E-state index >= 15 is 0 Å². The van der Waals surface area contributed by atoms with Crippen LogP contribution < -0.4 is 5.32 Å². The Kier molecular flexibility index (Phi) is 4.87. The summed E-state index contributed by atoms with van der Waals surface area (Å²) in [5.41, 5.74) is 4.59. The van der Waals surface area contributed by atoms with E-state index < -0.39 is 0 Å². The molecule has 19 heavy (non-hydrogen) atoms. The van der Waals surface area contributed by atoms with Gasteiger partial charge in [-0.1, -0.05) is 53.9 Å². The van der Waals surface area contributed by atoms with Gasteiger partial charge in [-0.2, -0.15) is 0 Å². The van der Waals surface area contributed by atoms with Gasteiger partial charge in [0.25, 0.3) is 0 Å². The van der Waals surface area contributed by atoms with Gasteiger partial charge < -0.3 is 5.32 Å². The molecule has 3 heteroatoms. The van der Waals surface area contributed by atoms with Gasteiger partial charge in [-0.25, -0.2) is 0 Å². The fourth-order valence-corrected chi connectivity index (χ4v) is 2.45. The minimum atomic E-state index is 0.704. The van der Waals surface area contributed by atoms with Crippen LogP contribution in [0.25, 0.3) is 11.1 Å². The monoisotopic (exact) mass is 293 g/mol. The Bertz CT molecular complexity index is 579. The molecular weight excluding hydrogens is 277 g/mol. The molecule has 0 aliphatic carbocycles. The summed E-state index contributed by atoms with van der Waals surface area (Å²) in [4.78, 5) is 0. The Balaban J connectivity index is 2.52. The van der Waals surface area contributed by atoms with Crippen LogP contribution in [0.15, 0.2) is 36.4 Å². The largest absolute Gasteiger partial charge is 0.313 e. The van der Waals surface area contributed by atoms with Crippen molar-refractivity contribution in [1.82, 2.24) is 5.32 Å².